The Morgan fingerprint density at radius 3 is 3.07 bits per heavy atom. The second-order valence-electron chi connectivity index (χ2n) is 3.65. The van der Waals surface area contributed by atoms with E-state index < -0.39 is 6.10 Å². The van der Waals surface area contributed by atoms with Crippen LogP contribution in [0.1, 0.15) is 18.1 Å². The van der Waals surface area contributed by atoms with E-state index in [0.29, 0.717) is 30.1 Å². The highest BCUT2D eigenvalue weighted by atomic mass is 16.5. The van der Waals surface area contributed by atoms with Crippen molar-refractivity contribution in [3.8, 4) is 11.5 Å². The minimum Gasteiger partial charge on any atom is -0.497 e. The Kier molecular flexibility index (Phi) is 2.79. The third kappa shape index (κ3) is 1.91. The first kappa shape index (κ1) is 10.3. The molecule has 2 atom stereocenters. The minimum atomic E-state index is -0.683. The third-order valence-corrected chi connectivity index (χ3v) is 2.65. The Bertz CT molecular complexity index is 354. The van der Waals surface area contributed by atoms with Gasteiger partial charge in [-0.1, -0.05) is 0 Å². The van der Waals surface area contributed by atoms with E-state index in [2.05, 4.69) is 0 Å². The Morgan fingerprint density at radius 2 is 2.33 bits per heavy atom. The van der Waals surface area contributed by atoms with Crippen molar-refractivity contribution in [2.75, 3.05) is 13.7 Å². The number of aliphatic hydroxyl groups is 1. The lowest BCUT2D eigenvalue weighted by atomic mass is 10.0. The number of ether oxygens (including phenoxy) is 2. The third-order valence-electron chi connectivity index (χ3n) is 2.65. The summed E-state index contributed by atoms with van der Waals surface area (Å²) in [5.41, 5.74) is 6.52. The van der Waals surface area contributed by atoms with Gasteiger partial charge in [-0.25, -0.2) is 0 Å². The summed E-state index contributed by atoms with van der Waals surface area (Å²) >= 11 is 0. The van der Waals surface area contributed by atoms with Crippen LogP contribution in [0.2, 0.25) is 0 Å². The monoisotopic (exact) mass is 209 g/mol. The fourth-order valence-electron chi connectivity index (χ4n) is 1.71. The van der Waals surface area contributed by atoms with E-state index in [1.54, 1.807) is 19.2 Å². The van der Waals surface area contributed by atoms with Crippen molar-refractivity contribution < 1.29 is 14.6 Å². The van der Waals surface area contributed by atoms with Crippen molar-refractivity contribution in [1.82, 2.24) is 0 Å². The molecule has 1 aliphatic rings. The van der Waals surface area contributed by atoms with Crippen LogP contribution in [0.15, 0.2) is 18.2 Å². The lowest BCUT2D eigenvalue weighted by molar-refractivity contribution is 0.144. The zero-order valence-corrected chi connectivity index (χ0v) is 8.64. The molecule has 1 heterocycles. The summed E-state index contributed by atoms with van der Waals surface area (Å²) in [7, 11) is 1.59. The molecule has 4 heteroatoms. The van der Waals surface area contributed by atoms with E-state index in [9.17, 15) is 5.11 Å². The number of aliphatic hydroxyl groups excluding tert-OH is 1. The maximum atomic E-state index is 9.97. The molecule has 15 heavy (non-hydrogen) atoms. The SMILES string of the molecule is COc1ccc2c(c1)[C@@H](O)[C@H](N)CCO2. The predicted octanol–water partition coefficient (Wildman–Crippen LogP) is 0.838. The van der Waals surface area contributed by atoms with Gasteiger partial charge in [-0.3, -0.25) is 0 Å². The van der Waals surface area contributed by atoms with Crippen molar-refractivity contribution >= 4 is 0 Å². The van der Waals surface area contributed by atoms with E-state index in [1.807, 2.05) is 6.07 Å². The van der Waals surface area contributed by atoms with E-state index in [0.717, 1.165) is 0 Å². The normalized spacial score (nSPS) is 25.0. The molecule has 1 aromatic rings. The van der Waals surface area contributed by atoms with Crippen molar-refractivity contribution in [3.05, 3.63) is 23.8 Å². The molecule has 0 bridgehead atoms. The van der Waals surface area contributed by atoms with Gasteiger partial charge in [0, 0.05) is 11.6 Å². The topological polar surface area (TPSA) is 64.7 Å². The maximum Gasteiger partial charge on any atom is 0.125 e. The molecule has 0 unspecified atom stereocenters. The van der Waals surface area contributed by atoms with Crippen LogP contribution < -0.4 is 15.2 Å². The molecule has 4 nitrogen and oxygen atoms in total. The van der Waals surface area contributed by atoms with Gasteiger partial charge in [0.2, 0.25) is 0 Å². The van der Waals surface area contributed by atoms with Crippen LogP contribution in [0.5, 0.6) is 11.5 Å². The second-order valence-corrected chi connectivity index (χ2v) is 3.65. The molecule has 0 aliphatic carbocycles. The van der Waals surface area contributed by atoms with E-state index in [1.165, 1.54) is 0 Å². The zero-order chi connectivity index (χ0) is 10.8. The highest BCUT2D eigenvalue weighted by Crippen LogP contribution is 2.33. The molecule has 1 aromatic carbocycles. The van der Waals surface area contributed by atoms with Gasteiger partial charge in [-0.15, -0.1) is 0 Å². The first-order chi connectivity index (χ1) is 7.22. The van der Waals surface area contributed by atoms with Crippen molar-refractivity contribution in [3.63, 3.8) is 0 Å². The summed E-state index contributed by atoms with van der Waals surface area (Å²) < 4.78 is 10.6. The standard InChI is InChI=1S/C11H15NO3/c1-14-7-2-3-10-8(6-7)11(13)9(12)4-5-15-10/h2-3,6,9,11,13H,4-5,12H2,1H3/t9-,11-/m1/s1. The van der Waals surface area contributed by atoms with Crippen LogP contribution in [-0.2, 0) is 0 Å². The van der Waals surface area contributed by atoms with Crippen molar-refractivity contribution in [1.29, 1.82) is 0 Å². The Labute approximate surface area is 88.6 Å². The van der Waals surface area contributed by atoms with Gasteiger partial charge in [-0.2, -0.15) is 0 Å². The summed E-state index contributed by atoms with van der Waals surface area (Å²) in [5, 5.41) is 9.97. The molecule has 0 aromatic heterocycles. The van der Waals surface area contributed by atoms with Gasteiger partial charge < -0.3 is 20.3 Å². The average molecular weight is 209 g/mol. The molecular formula is C11H15NO3. The first-order valence-corrected chi connectivity index (χ1v) is 4.96. The Balaban J connectivity index is 2.41. The van der Waals surface area contributed by atoms with Gasteiger partial charge in [-0.05, 0) is 24.6 Å². The van der Waals surface area contributed by atoms with Crippen LogP contribution in [0.25, 0.3) is 0 Å². The molecule has 0 fully saturated rings. The Morgan fingerprint density at radius 1 is 1.53 bits per heavy atom. The number of fused-ring (bicyclic) bond motifs is 1. The fraction of sp³-hybridized carbons (Fsp3) is 0.455. The smallest absolute Gasteiger partial charge is 0.125 e. The van der Waals surface area contributed by atoms with Gasteiger partial charge in [0.05, 0.1) is 19.8 Å². The summed E-state index contributed by atoms with van der Waals surface area (Å²) in [5.74, 6) is 1.39. The molecule has 3 N–H and O–H groups in total. The van der Waals surface area contributed by atoms with Gasteiger partial charge in [0.15, 0.2) is 0 Å². The molecule has 0 spiro atoms. The quantitative estimate of drug-likeness (QED) is 0.719. The highest BCUT2D eigenvalue weighted by Gasteiger charge is 2.24. The fourth-order valence-corrected chi connectivity index (χ4v) is 1.71. The Hall–Kier alpha value is -1.26. The number of methoxy groups -OCH3 is 1. The number of hydrogen-bond donors (Lipinski definition) is 2. The van der Waals surface area contributed by atoms with E-state index >= 15 is 0 Å². The molecular weight excluding hydrogens is 194 g/mol. The summed E-state index contributed by atoms with van der Waals surface area (Å²) in [6.45, 7) is 0.539. The van der Waals surface area contributed by atoms with Gasteiger partial charge >= 0.3 is 0 Å². The van der Waals surface area contributed by atoms with Crippen molar-refractivity contribution in [2.45, 2.75) is 18.6 Å². The molecule has 2 rings (SSSR count). The predicted molar refractivity (Wildman–Crippen MR) is 56.0 cm³/mol. The average Bonchev–Trinajstić information content (AvgIpc) is 2.40. The molecule has 1 aliphatic heterocycles. The number of benzene rings is 1. The van der Waals surface area contributed by atoms with Crippen LogP contribution in [0.3, 0.4) is 0 Å². The highest BCUT2D eigenvalue weighted by molar-refractivity contribution is 5.42. The lowest BCUT2D eigenvalue weighted by Gasteiger charge is -2.16. The van der Waals surface area contributed by atoms with Gasteiger partial charge in [0.25, 0.3) is 0 Å². The summed E-state index contributed by atoms with van der Waals surface area (Å²) in [4.78, 5) is 0. The number of hydrogen-bond acceptors (Lipinski definition) is 4. The van der Waals surface area contributed by atoms with E-state index in [-0.39, 0.29) is 6.04 Å². The summed E-state index contributed by atoms with van der Waals surface area (Å²) in [6, 6.07) is 5.10. The lowest BCUT2D eigenvalue weighted by Crippen LogP contribution is -2.28. The largest absolute Gasteiger partial charge is 0.497 e. The van der Waals surface area contributed by atoms with Crippen LogP contribution >= 0.6 is 0 Å². The van der Waals surface area contributed by atoms with Crippen molar-refractivity contribution in [2.24, 2.45) is 5.73 Å². The molecule has 0 amide bonds. The number of rotatable bonds is 1. The molecule has 82 valence electrons. The first-order valence-electron chi connectivity index (χ1n) is 4.96. The molecule has 0 radical (unpaired) electrons. The maximum absolute atomic E-state index is 9.97. The van der Waals surface area contributed by atoms with Crippen LogP contribution in [0.4, 0.5) is 0 Å². The van der Waals surface area contributed by atoms with E-state index in [4.69, 9.17) is 15.2 Å². The molecule has 0 saturated carbocycles. The summed E-state index contributed by atoms with van der Waals surface area (Å²) in [6.07, 6.45) is -0.0318. The van der Waals surface area contributed by atoms with Crippen LogP contribution in [-0.4, -0.2) is 24.9 Å². The van der Waals surface area contributed by atoms with Gasteiger partial charge in [0.1, 0.15) is 11.5 Å². The second kappa shape index (κ2) is 4.08. The minimum absolute atomic E-state index is 0.279. The molecule has 0 saturated heterocycles. The zero-order valence-electron chi connectivity index (χ0n) is 8.64. The number of nitrogens with two attached hydrogens (primary N) is 1. The van der Waals surface area contributed by atoms with Crippen LogP contribution in [0, 0.1) is 0 Å².